The first-order chi connectivity index (χ1) is 15.7. The van der Waals surface area contributed by atoms with Crippen molar-refractivity contribution in [2.45, 2.75) is 84.0 Å². The van der Waals surface area contributed by atoms with E-state index in [-0.39, 0.29) is 25.2 Å². The Kier molecular flexibility index (Phi) is 13.4. The largest absolute Gasteiger partial charge is 0.481 e. The molecule has 0 aliphatic rings. The lowest BCUT2D eigenvalue weighted by atomic mass is 9.98. The predicted octanol–water partition coefficient (Wildman–Crippen LogP) is -1.31. The van der Waals surface area contributed by atoms with E-state index in [0.717, 1.165) is 0 Å². The van der Waals surface area contributed by atoms with Crippen LogP contribution in [0.3, 0.4) is 0 Å². The van der Waals surface area contributed by atoms with Crippen molar-refractivity contribution < 1.29 is 39.0 Å². The minimum atomic E-state index is -1.47. The van der Waals surface area contributed by atoms with Crippen LogP contribution in [0, 0.1) is 11.8 Å². The van der Waals surface area contributed by atoms with Gasteiger partial charge in [-0.2, -0.15) is 0 Å². The van der Waals surface area contributed by atoms with Crippen LogP contribution in [0.15, 0.2) is 0 Å². The van der Waals surface area contributed by atoms with Gasteiger partial charge >= 0.3 is 11.9 Å². The van der Waals surface area contributed by atoms with Crippen LogP contribution < -0.4 is 27.4 Å². The van der Waals surface area contributed by atoms with Gasteiger partial charge in [-0.05, 0) is 24.7 Å². The topological polar surface area (TPSA) is 231 Å². The van der Waals surface area contributed by atoms with E-state index in [0.29, 0.717) is 6.42 Å². The van der Waals surface area contributed by atoms with E-state index in [1.807, 2.05) is 0 Å². The zero-order valence-electron chi connectivity index (χ0n) is 20.0. The number of hydrogen-bond donors (Lipinski definition) is 7. The van der Waals surface area contributed by atoms with Crippen molar-refractivity contribution in [3.63, 3.8) is 0 Å². The van der Waals surface area contributed by atoms with Crippen LogP contribution in [0.1, 0.15) is 59.8 Å². The van der Waals surface area contributed by atoms with Crippen molar-refractivity contribution in [1.82, 2.24) is 16.0 Å². The van der Waals surface area contributed by atoms with Gasteiger partial charge in [0.1, 0.15) is 18.1 Å². The van der Waals surface area contributed by atoms with Gasteiger partial charge in [0.15, 0.2) is 0 Å². The number of carboxylic acid groups (broad SMARTS) is 2. The van der Waals surface area contributed by atoms with Crippen LogP contribution >= 0.6 is 0 Å². The Bertz CT molecular complexity index is 757. The first-order valence-corrected chi connectivity index (χ1v) is 11.1. The highest BCUT2D eigenvalue weighted by atomic mass is 16.4. The molecule has 0 spiro atoms. The van der Waals surface area contributed by atoms with Gasteiger partial charge in [0.25, 0.3) is 0 Å². The van der Waals surface area contributed by atoms with Gasteiger partial charge in [0.05, 0.1) is 12.5 Å². The average Bonchev–Trinajstić information content (AvgIpc) is 2.72. The third-order valence-corrected chi connectivity index (χ3v) is 5.16. The summed E-state index contributed by atoms with van der Waals surface area (Å²) in [5.41, 5.74) is 10.9. The molecule has 0 heterocycles. The van der Waals surface area contributed by atoms with Gasteiger partial charge in [-0.15, -0.1) is 0 Å². The maximum Gasteiger partial charge on any atom is 0.326 e. The summed E-state index contributed by atoms with van der Waals surface area (Å²) in [7, 11) is 0. The maximum atomic E-state index is 12.9. The molecule has 0 rings (SSSR count). The fraction of sp³-hybridized carbons (Fsp3) is 0.714. The molecule has 0 saturated carbocycles. The molecule has 0 aliphatic heterocycles. The monoisotopic (exact) mass is 487 g/mol. The Labute approximate surface area is 198 Å². The summed E-state index contributed by atoms with van der Waals surface area (Å²) in [5, 5.41) is 25.3. The van der Waals surface area contributed by atoms with E-state index in [4.69, 9.17) is 16.6 Å². The summed E-state index contributed by atoms with van der Waals surface area (Å²) < 4.78 is 0. The van der Waals surface area contributed by atoms with Gasteiger partial charge < -0.3 is 37.6 Å². The van der Waals surface area contributed by atoms with Crippen LogP contribution in [0.4, 0.5) is 0 Å². The van der Waals surface area contributed by atoms with Crippen molar-refractivity contribution in [3.8, 4) is 0 Å². The first-order valence-electron chi connectivity index (χ1n) is 11.1. The number of rotatable bonds is 16. The third-order valence-electron chi connectivity index (χ3n) is 5.16. The molecule has 0 aromatic rings. The van der Waals surface area contributed by atoms with Crippen molar-refractivity contribution in [1.29, 1.82) is 0 Å². The second kappa shape index (κ2) is 14.8. The fourth-order valence-electron chi connectivity index (χ4n) is 3.01. The van der Waals surface area contributed by atoms with E-state index in [1.54, 1.807) is 27.7 Å². The first kappa shape index (κ1) is 30.8. The normalized spacial score (nSPS) is 15.4. The molecule has 5 atom stereocenters. The summed E-state index contributed by atoms with van der Waals surface area (Å²) in [6.07, 6.45) is -0.466. The molecular formula is C21H37N5O8. The lowest BCUT2D eigenvalue weighted by molar-refractivity contribution is -0.144. The molecule has 9 N–H and O–H groups in total. The average molecular weight is 488 g/mol. The molecule has 0 radical (unpaired) electrons. The standard InChI is InChI=1S/C21H37N5O8/c1-5-11(4)17(21(33)34)26-20(32)14(9-15(23)27)25-19(31)13(8-10(2)3)24-18(30)12(22)6-7-16(28)29/h10-14,17H,5-9,22H2,1-4H3,(H2,23,27)(H,24,30)(H,25,31)(H,26,32)(H,28,29)(H,33,34). The van der Waals surface area contributed by atoms with Gasteiger partial charge in [0, 0.05) is 6.42 Å². The van der Waals surface area contributed by atoms with Gasteiger partial charge in [0.2, 0.25) is 23.6 Å². The number of carbonyl (C=O) groups is 6. The quantitative estimate of drug-likeness (QED) is 0.137. The van der Waals surface area contributed by atoms with Crippen molar-refractivity contribution in [2.75, 3.05) is 0 Å². The molecular weight excluding hydrogens is 450 g/mol. The summed E-state index contributed by atoms with van der Waals surface area (Å²) >= 11 is 0. The van der Waals surface area contributed by atoms with Crippen LogP contribution in [-0.2, 0) is 28.8 Å². The Hall–Kier alpha value is -3.22. The van der Waals surface area contributed by atoms with Crippen LogP contribution in [0.25, 0.3) is 0 Å². The van der Waals surface area contributed by atoms with E-state index < -0.39 is 72.1 Å². The predicted molar refractivity (Wildman–Crippen MR) is 121 cm³/mol. The van der Waals surface area contributed by atoms with Crippen molar-refractivity contribution >= 4 is 35.6 Å². The Balaban J connectivity index is 5.54. The summed E-state index contributed by atoms with van der Waals surface area (Å²) in [5.74, 6) is -6.26. The minimum absolute atomic E-state index is 0.0727. The number of carboxylic acids is 2. The lowest BCUT2D eigenvalue weighted by Crippen LogP contribution is -2.58. The van der Waals surface area contributed by atoms with Gasteiger partial charge in [-0.3, -0.25) is 24.0 Å². The molecule has 0 aromatic carbocycles. The van der Waals surface area contributed by atoms with Gasteiger partial charge in [-0.1, -0.05) is 34.1 Å². The second-order valence-electron chi connectivity index (χ2n) is 8.67. The molecule has 13 nitrogen and oxygen atoms in total. The lowest BCUT2D eigenvalue weighted by Gasteiger charge is -2.26. The molecule has 34 heavy (non-hydrogen) atoms. The smallest absolute Gasteiger partial charge is 0.326 e. The maximum absolute atomic E-state index is 12.9. The Morgan fingerprint density at radius 2 is 1.38 bits per heavy atom. The van der Waals surface area contributed by atoms with E-state index in [9.17, 15) is 33.9 Å². The van der Waals surface area contributed by atoms with E-state index in [1.165, 1.54) is 0 Å². The summed E-state index contributed by atoms with van der Waals surface area (Å²) in [6.45, 7) is 6.94. The number of nitrogens with two attached hydrogens (primary N) is 2. The van der Waals surface area contributed by atoms with Crippen LogP contribution in [0.5, 0.6) is 0 Å². The van der Waals surface area contributed by atoms with Crippen LogP contribution in [-0.4, -0.2) is 69.9 Å². The zero-order chi connectivity index (χ0) is 26.6. The Morgan fingerprint density at radius 3 is 1.82 bits per heavy atom. The number of hydrogen-bond acceptors (Lipinski definition) is 7. The van der Waals surface area contributed by atoms with Gasteiger partial charge in [-0.25, -0.2) is 4.79 Å². The highest BCUT2D eigenvalue weighted by molar-refractivity contribution is 5.96. The number of amides is 4. The second-order valence-corrected chi connectivity index (χ2v) is 8.67. The number of nitrogens with one attached hydrogen (secondary N) is 3. The molecule has 0 aromatic heterocycles. The molecule has 4 amide bonds. The highest BCUT2D eigenvalue weighted by Gasteiger charge is 2.33. The fourth-order valence-corrected chi connectivity index (χ4v) is 3.01. The van der Waals surface area contributed by atoms with Crippen LogP contribution in [0.2, 0.25) is 0 Å². The molecule has 0 bridgehead atoms. The SMILES string of the molecule is CCC(C)C(NC(=O)C(CC(N)=O)NC(=O)C(CC(C)C)NC(=O)C(N)CCC(=O)O)C(=O)O. The molecule has 0 aliphatic carbocycles. The molecule has 194 valence electrons. The number of aliphatic carboxylic acids is 2. The highest BCUT2D eigenvalue weighted by Crippen LogP contribution is 2.10. The van der Waals surface area contributed by atoms with Crippen molar-refractivity contribution in [2.24, 2.45) is 23.3 Å². The number of primary amides is 1. The molecule has 13 heteroatoms. The Morgan fingerprint density at radius 1 is 0.853 bits per heavy atom. The molecule has 0 saturated heterocycles. The molecule has 5 unspecified atom stereocenters. The van der Waals surface area contributed by atoms with E-state index in [2.05, 4.69) is 16.0 Å². The van der Waals surface area contributed by atoms with E-state index >= 15 is 0 Å². The number of carbonyl (C=O) groups excluding carboxylic acids is 4. The molecule has 0 fully saturated rings. The zero-order valence-corrected chi connectivity index (χ0v) is 20.0. The minimum Gasteiger partial charge on any atom is -0.481 e. The third kappa shape index (κ3) is 11.6. The van der Waals surface area contributed by atoms with Crippen molar-refractivity contribution in [3.05, 3.63) is 0 Å². The summed E-state index contributed by atoms with van der Waals surface area (Å²) in [4.78, 5) is 71.7. The summed E-state index contributed by atoms with van der Waals surface area (Å²) in [6, 6.07) is -5.03.